The number of likely N-dealkylation sites (N-methyl/N-ethyl adjacent to an activating group) is 1. The number of aromatic nitrogens is 3. The number of benzene rings is 1. The molecular formula is C17H18FN5O2S. The zero-order valence-corrected chi connectivity index (χ0v) is 15.0. The molecule has 0 atom stereocenters. The minimum atomic E-state index is -0.368. The van der Waals surface area contributed by atoms with Crippen LogP contribution in [0.25, 0.3) is 10.2 Å². The van der Waals surface area contributed by atoms with Crippen LogP contribution in [0.4, 0.5) is 9.52 Å². The molecular weight excluding hydrogens is 357 g/mol. The number of nitrogens with zero attached hydrogens (tertiary/aromatic N) is 4. The number of hydrogen-bond donors (Lipinski definition) is 1. The SMILES string of the molecule is CN(CC(=O)NCCCn1ncccc1=O)c1nc2c(F)cccc2s1. The first-order valence-corrected chi connectivity index (χ1v) is 8.91. The number of para-hydroxylation sites is 1. The van der Waals surface area contributed by atoms with Gasteiger partial charge < -0.3 is 10.2 Å². The Morgan fingerprint density at radius 2 is 2.19 bits per heavy atom. The van der Waals surface area contributed by atoms with E-state index in [0.717, 1.165) is 4.70 Å². The molecule has 136 valence electrons. The van der Waals surface area contributed by atoms with Gasteiger partial charge in [-0.05, 0) is 24.6 Å². The van der Waals surface area contributed by atoms with Crippen molar-refractivity contribution >= 4 is 32.6 Å². The first-order chi connectivity index (χ1) is 12.5. The maximum atomic E-state index is 13.7. The van der Waals surface area contributed by atoms with Gasteiger partial charge in [0.25, 0.3) is 5.56 Å². The lowest BCUT2D eigenvalue weighted by Crippen LogP contribution is -2.36. The third-order valence-electron chi connectivity index (χ3n) is 3.72. The van der Waals surface area contributed by atoms with Gasteiger partial charge in [-0.25, -0.2) is 14.1 Å². The average molecular weight is 375 g/mol. The van der Waals surface area contributed by atoms with Gasteiger partial charge in [-0.2, -0.15) is 5.10 Å². The number of carbonyl (C=O) groups excluding carboxylic acids is 1. The number of halogens is 1. The predicted octanol–water partition coefficient (Wildman–Crippen LogP) is 1.63. The fourth-order valence-corrected chi connectivity index (χ4v) is 3.36. The second-order valence-corrected chi connectivity index (χ2v) is 6.74. The molecule has 0 bridgehead atoms. The van der Waals surface area contributed by atoms with Crippen LogP contribution < -0.4 is 15.8 Å². The molecule has 0 unspecified atom stereocenters. The van der Waals surface area contributed by atoms with E-state index in [4.69, 9.17) is 0 Å². The molecule has 0 aliphatic rings. The van der Waals surface area contributed by atoms with Crippen LogP contribution >= 0.6 is 11.3 Å². The summed E-state index contributed by atoms with van der Waals surface area (Å²) in [6.45, 7) is 0.988. The Morgan fingerprint density at radius 1 is 1.35 bits per heavy atom. The second-order valence-electron chi connectivity index (χ2n) is 5.73. The summed E-state index contributed by atoms with van der Waals surface area (Å²) in [4.78, 5) is 29.5. The van der Waals surface area contributed by atoms with E-state index in [-0.39, 0.29) is 23.8 Å². The van der Waals surface area contributed by atoms with E-state index in [1.807, 2.05) is 0 Å². The van der Waals surface area contributed by atoms with Crippen LogP contribution in [0, 0.1) is 5.82 Å². The third-order valence-corrected chi connectivity index (χ3v) is 4.85. The van der Waals surface area contributed by atoms with Gasteiger partial charge in [0.2, 0.25) is 5.91 Å². The first kappa shape index (κ1) is 18.0. The summed E-state index contributed by atoms with van der Waals surface area (Å²) < 4.78 is 15.8. The van der Waals surface area contributed by atoms with Gasteiger partial charge in [0.1, 0.15) is 11.3 Å². The summed E-state index contributed by atoms with van der Waals surface area (Å²) in [6.07, 6.45) is 2.15. The first-order valence-electron chi connectivity index (χ1n) is 8.09. The number of carbonyl (C=O) groups is 1. The molecule has 0 spiro atoms. The molecule has 9 heteroatoms. The Morgan fingerprint density at radius 3 is 2.96 bits per heavy atom. The van der Waals surface area contributed by atoms with Crippen LogP contribution in [0.5, 0.6) is 0 Å². The number of hydrogen-bond acceptors (Lipinski definition) is 6. The standard InChI is InChI=1S/C17H18FN5O2S/c1-22(17-21-16-12(18)5-2-6-13(16)26-17)11-14(24)19-8-4-10-23-15(25)7-3-9-20-23/h2-3,5-7,9H,4,8,10-11H2,1H3,(H,19,24). The van der Waals surface area contributed by atoms with Crippen LogP contribution in [0.3, 0.4) is 0 Å². The van der Waals surface area contributed by atoms with Crippen molar-refractivity contribution in [2.45, 2.75) is 13.0 Å². The van der Waals surface area contributed by atoms with E-state index in [2.05, 4.69) is 15.4 Å². The number of rotatable bonds is 7. The monoisotopic (exact) mass is 375 g/mol. The van der Waals surface area contributed by atoms with Gasteiger partial charge >= 0.3 is 0 Å². The molecule has 0 saturated heterocycles. The number of aryl methyl sites for hydroxylation is 1. The van der Waals surface area contributed by atoms with E-state index in [9.17, 15) is 14.0 Å². The second kappa shape index (κ2) is 8.05. The van der Waals surface area contributed by atoms with Crippen molar-refractivity contribution in [1.29, 1.82) is 0 Å². The van der Waals surface area contributed by atoms with E-state index in [1.165, 1.54) is 28.2 Å². The lowest BCUT2D eigenvalue weighted by atomic mass is 10.3. The van der Waals surface area contributed by atoms with E-state index >= 15 is 0 Å². The van der Waals surface area contributed by atoms with Crippen LogP contribution in [0.1, 0.15) is 6.42 Å². The maximum absolute atomic E-state index is 13.7. The van der Waals surface area contributed by atoms with Crippen molar-refractivity contribution in [3.8, 4) is 0 Å². The molecule has 3 aromatic rings. The zero-order chi connectivity index (χ0) is 18.5. The number of amides is 1. The highest BCUT2D eigenvalue weighted by atomic mass is 32.1. The van der Waals surface area contributed by atoms with Crippen molar-refractivity contribution in [2.75, 3.05) is 25.0 Å². The highest BCUT2D eigenvalue weighted by molar-refractivity contribution is 7.22. The number of thiazole rings is 1. The summed E-state index contributed by atoms with van der Waals surface area (Å²) in [5.41, 5.74) is 0.155. The van der Waals surface area contributed by atoms with E-state index in [0.29, 0.717) is 30.2 Å². The van der Waals surface area contributed by atoms with Crippen LogP contribution in [0.15, 0.2) is 41.3 Å². The quantitative estimate of drug-likeness (QED) is 0.635. The van der Waals surface area contributed by atoms with Gasteiger partial charge in [0.15, 0.2) is 5.13 Å². The fraction of sp³-hybridized carbons (Fsp3) is 0.294. The van der Waals surface area contributed by atoms with Gasteiger partial charge in [-0.1, -0.05) is 17.4 Å². The Hall–Kier alpha value is -2.81. The molecule has 3 rings (SSSR count). The summed E-state index contributed by atoms with van der Waals surface area (Å²) in [7, 11) is 1.74. The van der Waals surface area contributed by atoms with Gasteiger partial charge in [0, 0.05) is 32.4 Å². The van der Waals surface area contributed by atoms with E-state index in [1.54, 1.807) is 36.3 Å². The van der Waals surface area contributed by atoms with Gasteiger partial charge in [0.05, 0.1) is 11.2 Å². The number of fused-ring (bicyclic) bond motifs is 1. The summed E-state index contributed by atoms with van der Waals surface area (Å²) in [5, 5.41) is 7.34. The largest absolute Gasteiger partial charge is 0.354 e. The molecule has 0 radical (unpaired) electrons. The van der Waals surface area contributed by atoms with Crippen LogP contribution in [-0.2, 0) is 11.3 Å². The van der Waals surface area contributed by atoms with Crippen molar-refractivity contribution in [1.82, 2.24) is 20.1 Å². The molecule has 0 saturated carbocycles. The van der Waals surface area contributed by atoms with Crippen molar-refractivity contribution in [3.63, 3.8) is 0 Å². The number of nitrogens with one attached hydrogen (secondary N) is 1. The Balaban J connectivity index is 1.48. The summed E-state index contributed by atoms with van der Waals surface area (Å²) in [6, 6.07) is 7.84. The molecule has 2 heterocycles. The molecule has 1 amide bonds. The van der Waals surface area contributed by atoms with Crippen molar-refractivity contribution in [2.24, 2.45) is 0 Å². The molecule has 1 N–H and O–H groups in total. The Labute approximate surface area is 153 Å². The van der Waals surface area contributed by atoms with Crippen molar-refractivity contribution in [3.05, 3.63) is 52.7 Å². The fourth-order valence-electron chi connectivity index (χ4n) is 2.42. The average Bonchev–Trinajstić information content (AvgIpc) is 3.06. The lowest BCUT2D eigenvalue weighted by molar-refractivity contribution is -0.119. The lowest BCUT2D eigenvalue weighted by Gasteiger charge is -2.15. The van der Waals surface area contributed by atoms with Crippen LogP contribution in [-0.4, -0.2) is 40.8 Å². The minimum Gasteiger partial charge on any atom is -0.354 e. The van der Waals surface area contributed by atoms with Crippen molar-refractivity contribution < 1.29 is 9.18 Å². The molecule has 0 aliphatic carbocycles. The van der Waals surface area contributed by atoms with Crippen LogP contribution in [0.2, 0.25) is 0 Å². The summed E-state index contributed by atoms with van der Waals surface area (Å²) in [5.74, 6) is -0.534. The Bertz CT molecular complexity index is 971. The summed E-state index contributed by atoms with van der Waals surface area (Å²) >= 11 is 1.34. The highest BCUT2D eigenvalue weighted by Crippen LogP contribution is 2.29. The zero-order valence-electron chi connectivity index (χ0n) is 14.2. The minimum absolute atomic E-state index is 0.116. The highest BCUT2D eigenvalue weighted by Gasteiger charge is 2.13. The molecule has 0 fully saturated rings. The molecule has 26 heavy (non-hydrogen) atoms. The normalized spacial score (nSPS) is 10.8. The van der Waals surface area contributed by atoms with Gasteiger partial charge in [-0.15, -0.1) is 0 Å². The molecule has 0 aliphatic heterocycles. The molecule has 2 aromatic heterocycles. The van der Waals surface area contributed by atoms with E-state index < -0.39 is 0 Å². The predicted molar refractivity (Wildman–Crippen MR) is 99.0 cm³/mol. The number of anilines is 1. The molecule has 7 nitrogen and oxygen atoms in total. The third kappa shape index (κ3) is 4.23. The Kier molecular flexibility index (Phi) is 5.57. The smallest absolute Gasteiger partial charge is 0.266 e. The van der Waals surface area contributed by atoms with Gasteiger partial charge in [-0.3, -0.25) is 9.59 Å². The molecule has 1 aromatic carbocycles. The topological polar surface area (TPSA) is 80.1 Å². The maximum Gasteiger partial charge on any atom is 0.266 e.